The van der Waals surface area contributed by atoms with Crippen molar-refractivity contribution in [2.24, 2.45) is 0 Å². The van der Waals surface area contributed by atoms with E-state index in [1.165, 1.54) is 12.1 Å². The van der Waals surface area contributed by atoms with Gasteiger partial charge >= 0.3 is 5.97 Å². The summed E-state index contributed by atoms with van der Waals surface area (Å²) in [4.78, 5) is 11.8. The first-order chi connectivity index (χ1) is 8.58. The second kappa shape index (κ2) is 5.10. The molecule has 92 valence electrons. The molecular weight excluding hydrogens is 252 g/mol. The van der Waals surface area contributed by atoms with Gasteiger partial charge in [0.05, 0.1) is 0 Å². The molecule has 0 aromatic heterocycles. The number of para-hydroxylation sites is 1. The maximum Gasteiger partial charge on any atom is 0.347 e. The Bertz CT molecular complexity index is 593. The molecule has 0 aliphatic carbocycles. The topological polar surface area (TPSA) is 46.5 Å². The lowest BCUT2D eigenvalue weighted by atomic mass is 10.2. The highest BCUT2D eigenvalue weighted by molar-refractivity contribution is 6.31. The minimum absolute atomic E-state index is 0.104. The van der Waals surface area contributed by atoms with E-state index in [1.807, 2.05) is 6.92 Å². The molecule has 2 aromatic carbocycles. The van der Waals surface area contributed by atoms with Crippen molar-refractivity contribution in [3.05, 3.63) is 58.6 Å². The van der Waals surface area contributed by atoms with Gasteiger partial charge in [-0.3, -0.25) is 0 Å². The molecule has 0 heterocycles. The lowest BCUT2D eigenvalue weighted by molar-refractivity contribution is 0.0731. The Labute approximate surface area is 110 Å². The van der Waals surface area contributed by atoms with E-state index in [-0.39, 0.29) is 11.3 Å². The van der Waals surface area contributed by atoms with Crippen molar-refractivity contribution in [1.82, 2.24) is 0 Å². The van der Waals surface area contributed by atoms with Crippen LogP contribution >= 0.6 is 11.6 Å². The third kappa shape index (κ3) is 2.63. The summed E-state index contributed by atoms with van der Waals surface area (Å²) < 4.78 is 5.16. The predicted octanol–water partition coefficient (Wildman–Crippen LogP) is 3.57. The number of phenolic OH excluding ortho intramolecular Hbond substituents is 1. The van der Waals surface area contributed by atoms with Crippen LogP contribution in [0, 0.1) is 6.92 Å². The number of halogens is 1. The summed E-state index contributed by atoms with van der Waals surface area (Å²) >= 11 is 5.88. The molecule has 18 heavy (non-hydrogen) atoms. The van der Waals surface area contributed by atoms with Crippen LogP contribution in [0.4, 0.5) is 0 Å². The SMILES string of the molecule is Cc1cc(OC(=O)c2ccccc2O)ccc1Cl. The number of hydrogen-bond acceptors (Lipinski definition) is 3. The number of hydrogen-bond donors (Lipinski definition) is 1. The largest absolute Gasteiger partial charge is 0.507 e. The van der Waals surface area contributed by atoms with Gasteiger partial charge in [0.25, 0.3) is 0 Å². The summed E-state index contributed by atoms with van der Waals surface area (Å²) in [6.45, 7) is 1.82. The van der Waals surface area contributed by atoms with E-state index >= 15 is 0 Å². The number of benzene rings is 2. The van der Waals surface area contributed by atoms with Gasteiger partial charge in [0, 0.05) is 5.02 Å². The van der Waals surface area contributed by atoms with Crippen LogP contribution in [-0.4, -0.2) is 11.1 Å². The van der Waals surface area contributed by atoms with Crippen LogP contribution in [0.5, 0.6) is 11.5 Å². The van der Waals surface area contributed by atoms with Gasteiger partial charge in [0.1, 0.15) is 17.1 Å². The molecule has 0 saturated heterocycles. The van der Waals surface area contributed by atoms with Crippen LogP contribution in [0.2, 0.25) is 5.02 Å². The summed E-state index contributed by atoms with van der Waals surface area (Å²) in [5.41, 5.74) is 0.948. The lowest BCUT2D eigenvalue weighted by Crippen LogP contribution is -2.08. The number of aromatic hydroxyl groups is 1. The van der Waals surface area contributed by atoms with Crippen LogP contribution in [0.3, 0.4) is 0 Å². The third-order valence-corrected chi connectivity index (χ3v) is 2.89. The Balaban J connectivity index is 2.22. The van der Waals surface area contributed by atoms with E-state index in [0.717, 1.165) is 5.56 Å². The minimum Gasteiger partial charge on any atom is -0.507 e. The second-order valence-electron chi connectivity index (χ2n) is 3.82. The number of esters is 1. The molecule has 0 aliphatic heterocycles. The molecule has 0 amide bonds. The molecule has 4 heteroatoms. The van der Waals surface area contributed by atoms with E-state index < -0.39 is 5.97 Å². The fourth-order valence-corrected chi connectivity index (χ4v) is 1.61. The summed E-state index contributed by atoms with van der Waals surface area (Å²) in [5.74, 6) is -0.312. The molecular formula is C14H11ClO3. The third-order valence-electron chi connectivity index (χ3n) is 2.46. The van der Waals surface area contributed by atoms with E-state index in [9.17, 15) is 9.90 Å². The Morgan fingerprint density at radius 3 is 2.61 bits per heavy atom. The normalized spacial score (nSPS) is 10.1. The maximum absolute atomic E-state index is 11.8. The number of aryl methyl sites for hydroxylation is 1. The van der Waals surface area contributed by atoms with Crippen molar-refractivity contribution >= 4 is 17.6 Å². The molecule has 0 bridgehead atoms. The smallest absolute Gasteiger partial charge is 0.347 e. The van der Waals surface area contributed by atoms with Crippen molar-refractivity contribution in [3.63, 3.8) is 0 Å². The Morgan fingerprint density at radius 2 is 1.94 bits per heavy atom. The molecule has 0 unspecified atom stereocenters. The van der Waals surface area contributed by atoms with Gasteiger partial charge in [0.2, 0.25) is 0 Å². The number of rotatable bonds is 2. The minimum atomic E-state index is -0.602. The highest BCUT2D eigenvalue weighted by atomic mass is 35.5. The number of ether oxygens (including phenoxy) is 1. The van der Waals surface area contributed by atoms with Gasteiger partial charge in [-0.05, 0) is 42.8 Å². The zero-order chi connectivity index (χ0) is 13.1. The summed E-state index contributed by atoms with van der Waals surface area (Å²) in [6.07, 6.45) is 0. The first-order valence-electron chi connectivity index (χ1n) is 5.34. The van der Waals surface area contributed by atoms with Crippen molar-refractivity contribution in [3.8, 4) is 11.5 Å². The quantitative estimate of drug-likeness (QED) is 0.665. The highest BCUT2D eigenvalue weighted by Crippen LogP contribution is 2.23. The van der Waals surface area contributed by atoms with Crippen LogP contribution in [0.15, 0.2) is 42.5 Å². The molecule has 1 N–H and O–H groups in total. The van der Waals surface area contributed by atoms with Crippen molar-refractivity contribution < 1.29 is 14.6 Å². The second-order valence-corrected chi connectivity index (χ2v) is 4.22. The van der Waals surface area contributed by atoms with Gasteiger partial charge in [-0.2, -0.15) is 0 Å². The summed E-state index contributed by atoms with van der Waals surface area (Å²) in [7, 11) is 0. The Morgan fingerprint density at radius 1 is 1.22 bits per heavy atom. The van der Waals surface area contributed by atoms with Crippen LogP contribution in [-0.2, 0) is 0 Å². The average Bonchev–Trinajstić information content (AvgIpc) is 2.34. The van der Waals surface area contributed by atoms with Crippen LogP contribution < -0.4 is 4.74 Å². The standard InChI is InChI=1S/C14H11ClO3/c1-9-8-10(6-7-12(9)15)18-14(17)11-4-2-3-5-13(11)16/h2-8,16H,1H3. The molecule has 0 radical (unpaired) electrons. The van der Waals surface area contributed by atoms with Gasteiger partial charge < -0.3 is 9.84 Å². The summed E-state index contributed by atoms with van der Waals surface area (Å²) in [5, 5.41) is 10.1. The van der Waals surface area contributed by atoms with E-state index in [1.54, 1.807) is 30.3 Å². The van der Waals surface area contributed by atoms with Crippen LogP contribution in [0.1, 0.15) is 15.9 Å². The highest BCUT2D eigenvalue weighted by Gasteiger charge is 2.13. The molecule has 2 rings (SSSR count). The fraction of sp³-hybridized carbons (Fsp3) is 0.0714. The van der Waals surface area contributed by atoms with E-state index in [2.05, 4.69) is 0 Å². The molecule has 0 atom stereocenters. The number of carbonyl (C=O) groups is 1. The molecule has 0 aliphatic rings. The van der Waals surface area contributed by atoms with Gasteiger partial charge in [-0.15, -0.1) is 0 Å². The molecule has 0 fully saturated rings. The van der Waals surface area contributed by atoms with Gasteiger partial charge in [-0.25, -0.2) is 4.79 Å². The van der Waals surface area contributed by atoms with Crippen molar-refractivity contribution in [2.45, 2.75) is 6.92 Å². The Kier molecular flexibility index (Phi) is 3.53. The average molecular weight is 263 g/mol. The fourth-order valence-electron chi connectivity index (χ4n) is 1.49. The number of phenols is 1. The summed E-state index contributed by atoms with van der Waals surface area (Å²) in [6, 6.07) is 11.2. The maximum atomic E-state index is 11.8. The number of carbonyl (C=O) groups excluding carboxylic acids is 1. The van der Waals surface area contributed by atoms with Crippen molar-refractivity contribution in [2.75, 3.05) is 0 Å². The molecule has 0 saturated carbocycles. The monoisotopic (exact) mass is 262 g/mol. The molecule has 0 spiro atoms. The van der Waals surface area contributed by atoms with E-state index in [4.69, 9.17) is 16.3 Å². The van der Waals surface area contributed by atoms with Crippen LogP contribution in [0.25, 0.3) is 0 Å². The zero-order valence-corrected chi connectivity index (χ0v) is 10.4. The van der Waals surface area contributed by atoms with Crippen molar-refractivity contribution in [1.29, 1.82) is 0 Å². The Hall–Kier alpha value is -2.00. The lowest BCUT2D eigenvalue weighted by Gasteiger charge is -2.07. The predicted molar refractivity (Wildman–Crippen MR) is 69.3 cm³/mol. The zero-order valence-electron chi connectivity index (χ0n) is 9.68. The van der Waals surface area contributed by atoms with E-state index in [0.29, 0.717) is 10.8 Å². The molecule has 3 nitrogen and oxygen atoms in total. The molecule has 2 aromatic rings. The van der Waals surface area contributed by atoms with Gasteiger partial charge in [0.15, 0.2) is 0 Å². The first kappa shape index (κ1) is 12.5. The first-order valence-corrected chi connectivity index (χ1v) is 5.72. The van der Waals surface area contributed by atoms with Gasteiger partial charge in [-0.1, -0.05) is 23.7 Å².